The van der Waals surface area contributed by atoms with Crippen molar-refractivity contribution in [3.05, 3.63) is 65.2 Å². The Morgan fingerprint density at radius 1 is 1.29 bits per heavy atom. The molecule has 0 aromatic heterocycles. The van der Waals surface area contributed by atoms with Crippen LogP contribution in [-0.2, 0) is 13.0 Å². The number of nitrogens with two attached hydrogens (primary N) is 1. The first-order valence-electron chi connectivity index (χ1n) is 7.10. The molecule has 1 heterocycles. The van der Waals surface area contributed by atoms with E-state index in [1.807, 2.05) is 18.2 Å². The number of anilines is 1. The first-order valence-corrected chi connectivity index (χ1v) is 7.10. The predicted octanol–water partition coefficient (Wildman–Crippen LogP) is 2.73. The Kier molecular flexibility index (Phi) is 3.52. The van der Waals surface area contributed by atoms with Gasteiger partial charge in [0.25, 0.3) is 0 Å². The number of oxime groups is 1. The number of benzene rings is 2. The summed E-state index contributed by atoms with van der Waals surface area (Å²) in [6, 6.07) is 16.9. The van der Waals surface area contributed by atoms with E-state index in [1.54, 1.807) is 0 Å². The van der Waals surface area contributed by atoms with E-state index in [1.165, 1.54) is 11.3 Å². The highest BCUT2D eigenvalue weighted by molar-refractivity contribution is 5.97. The molecule has 0 bridgehead atoms. The van der Waals surface area contributed by atoms with Gasteiger partial charge < -0.3 is 15.8 Å². The zero-order valence-corrected chi connectivity index (χ0v) is 12.0. The number of nitrogens with zero attached hydrogens (tertiary/aromatic N) is 2. The van der Waals surface area contributed by atoms with Crippen LogP contribution in [0.1, 0.15) is 23.6 Å². The quantitative estimate of drug-likeness (QED) is 0.393. The Bertz CT molecular complexity index is 681. The molecule has 1 aliphatic heterocycles. The molecule has 4 heteroatoms. The van der Waals surface area contributed by atoms with E-state index in [0.717, 1.165) is 24.1 Å². The topological polar surface area (TPSA) is 61.8 Å². The van der Waals surface area contributed by atoms with E-state index >= 15 is 0 Å². The van der Waals surface area contributed by atoms with Gasteiger partial charge in [0.15, 0.2) is 5.84 Å². The summed E-state index contributed by atoms with van der Waals surface area (Å²) >= 11 is 0. The van der Waals surface area contributed by atoms with E-state index in [2.05, 4.69) is 47.3 Å². The standard InChI is InChI=1S/C17H19N3O/c1-12-9-14-6-2-3-8-16(14)20(12)11-13-5-4-7-15(10-13)17(18)19-21/h2-8,10,12,21H,9,11H2,1H3,(H2,18,19). The van der Waals surface area contributed by atoms with Gasteiger partial charge in [0, 0.05) is 23.8 Å². The van der Waals surface area contributed by atoms with Gasteiger partial charge in [-0.05, 0) is 36.6 Å². The molecule has 0 spiro atoms. The van der Waals surface area contributed by atoms with Gasteiger partial charge in [-0.3, -0.25) is 0 Å². The van der Waals surface area contributed by atoms with Crippen molar-refractivity contribution in [3.8, 4) is 0 Å². The first kappa shape index (κ1) is 13.5. The smallest absolute Gasteiger partial charge is 0.170 e. The fourth-order valence-corrected chi connectivity index (χ4v) is 2.95. The van der Waals surface area contributed by atoms with Gasteiger partial charge in [0.05, 0.1) is 0 Å². The van der Waals surface area contributed by atoms with Crippen molar-refractivity contribution in [1.82, 2.24) is 0 Å². The summed E-state index contributed by atoms with van der Waals surface area (Å²) in [6.45, 7) is 3.07. The van der Waals surface area contributed by atoms with Crippen molar-refractivity contribution >= 4 is 11.5 Å². The molecule has 0 radical (unpaired) electrons. The number of fused-ring (bicyclic) bond motifs is 1. The SMILES string of the molecule is CC1Cc2ccccc2N1Cc1cccc(/C(N)=N/O)c1. The van der Waals surface area contributed by atoms with E-state index in [0.29, 0.717) is 6.04 Å². The molecule has 3 N–H and O–H groups in total. The molecule has 2 aromatic rings. The fourth-order valence-electron chi connectivity index (χ4n) is 2.95. The van der Waals surface area contributed by atoms with Crippen molar-refractivity contribution in [2.24, 2.45) is 10.9 Å². The second-order valence-corrected chi connectivity index (χ2v) is 5.50. The van der Waals surface area contributed by atoms with Gasteiger partial charge in [0.2, 0.25) is 0 Å². The minimum absolute atomic E-state index is 0.145. The number of para-hydroxylation sites is 1. The largest absolute Gasteiger partial charge is 0.409 e. The molecule has 0 fully saturated rings. The van der Waals surface area contributed by atoms with Crippen LogP contribution in [0, 0.1) is 0 Å². The van der Waals surface area contributed by atoms with Crippen LogP contribution in [0.5, 0.6) is 0 Å². The maximum Gasteiger partial charge on any atom is 0.170 e. The van der Waals surface area contributed by atoms with Crippen LogP contribution in [0.3, 0.4) is 0 Å². The molecule has 0 amide bonds. The van der Waals surface area contributed by atoms with Crippen LogP contribution in [0.2, 0.25) is 0 Å². The fraction of sp³-hybridized carbons (Fsp3) is 0.235. The zero-order chi connectivity index (χ0) is 14.8. The van der Waals surface area contributed by atoms with E-state index in [9.17, 15) is 0 Å². The monoisotopic (exact) mass is 281 g/mol. The lowest BCUT2D eigenvalue weighted by atomic mass is 10.1. The summed E-state index contributed by atoms with van der Waals surface area (Å²) in [5.41, 5.74) is 10.3. The van der Waals surface area contributed by atoms with Crippen molar-refractivity contribution in [2.75, 3.05) is 4.90 Å². The lowest BCUT2D eigenvalue weighted by Gasteiger charge is -2.25. The Balaban J connectivity index is 1.87. The molecule has 21 heavy (non-hydrogen) atoms. The normalized spacial score (nSPS) is 17.9. The average molecular weight is 281 g/mol. The van der Waals surface area contributed by atoms with E-state index < -0.39 is 0 Å². The second-order valence-electron chi connectivity index (χ2n) is 5.50. The third kappa shape index (κ3) is 2.57. The lowest BCUT2D eigenvalue weighted by molar-refractivity contribution is 0.318. The Hall–Kier alpha value is -2.49. The van der Waals surface area contributed by atoms with Gasteiger partial charge in [-0.25, -0.2) is 0 Å². The Morgan fingerprint density at radius 2 is 2.10 bits per heavy atom. The van der Waals surface area contributed by atoms with Crippen LogP contribution in [0.25, 0.3) is 0 Å². The van der Waals surface area contributed by atoms with Gasteiger partial charge >= 0.3 is 0 Å². The third-order valence-electron chi connectivity index (χ3n) is 4.03. The van der Waals surface area contributed by atoms with Gasteiger partial charge in [0.1, 0.15) is 0 Å². The van der Waals surface area contributed by atoms with Crippen molar-refractivity contribution in [3.63, 3.8) is 0 Å². The summed E-state index contributed by atoms with van der Waals surface area (Å²) in [6.07, 6.45) is 1.08. The zero-order valence-electron chi connectivity index (χ0n) is 12.0. The molecule has 1 aliphatic rings. The molecule has 0 saturated heterocycles. The number of hydrogen-bond acceptors (Lipinski definition) is 3. The number of hydrogen-bond donors (Lipinski definition) is 2. The summed E-state index contributed by atoms with van der Waals surface area (Å²) in [4.78, 5) is 2.40. The molecular weight excluding hydrogens is 262 g/mol. The maximum atomic E-state index is 8.79. The highest BCUT2D eigenvalue weighted by atomic mass is 16.4. The van der Waals surface area contributed by atoms with Crippen LogP contribution in [0.15, 0.2) is 53.7 Å². The van der Waals surface area contributed by atoms with Gasteiger partial charge in [-0.1, -0.05) is 41.6 Å². The number of amidine groups is 1. The second kappa shape index (κ2) is 5.48. The summed E-state index contributed by atoms with van der Waals surface area (Å²) < 4.78 is 0. The van der Waals surface area contributed by atoms with Crippen molar-refractivity contribution < 1.29 is 5.21 Å². The van der Waals surface area contributed by atoms with E-state index in [4.69, 9.17) is 10.9 Å². The minimum Gasteiger partial charge on any atom is -0.409 e. The van der Waals surface area contributed by atoms with Crippen LogP contribution in [0.4, 0.5) is 5.69 Å². The molecule has 0 aliphatic carbocycles. The molecule has 108 valence electrons. The van der Waals surface area contributed by atoms with Gasteiger partial charge in [-0.15, -0.1) is 0 Å². The molecule has 0 saturated carbocycles. The highest BCUT2D eigenvalue weighted by Crippen LogP contribution is 2.33. The first-order chi connectivity index (χ1) is 10.2. The molecule has 1 atom stereocenters. The van der Waals surface area contributed by atoms with Crippen LogP contribution in [-0.4, -0.2) is 17.1 Å². The maximum absolute atomic E-state index is 8.79. The summed E-state index contributed by atoms with van der Waals surface area (Å²) in [7, 11) is 0. The average Bonchev–Trinajstić information content (AvgIpc) is 2.83. The highest BCUT2D eigenvalue weighted by Gasteiger charge is 2.25. The minimum atomic E-state index is 0.145. The Morgan fingerprint density at radius 3 is 2.90 bits per heavy atom. The lowest BCUT2D eigenvalue weighted by Crippen LogP contribution is -2.28. The molecule has 1 unspecified atom stereocenters. The van der Waals surface area contributed by atoms with Crippen LogP contribution >= 0.6 is 0 Å². The summed E-state index contributed by atoms with van der Waals surface area (Å²) in [5, 5.41) is 11.9. The van der Waals surface area contributed by atoms with Crippen molar-refractivity contribution in [2.45, 2.75) is 25.9 Å². The number of rotatable bonds is 3. The Labute approximate surface area is 124 Å². The molecule has 4 nitrogen and oxygen atoms in total. The molecular formula is C17H19N3O. The molecule has 3 rings (SSSR count). The third-order valence-corrected chi connectivity index (χ3v) is 4.03. The summed E-state index contributed by atoms with van der Waals surface area (Å²) in [5.74, 6) is 0.145. The predicted molar refractivity (Wildman–Crippen MR) is 84.7 cm³/mol. The van der Waals surface area contributed by atoms with E-state index in [-0.39, 0.29) is 5.84 Å². The van der Waals surface area contributed by atoms with Crippen LogP contribution < -0.4 is 10.6 Å². The van der Waals surface area contributed by atoms with Crippen molar-refractivity contribution in [1.29, 1.82) is 0 Å². The molecule has 2 aromatic carbocycles. The van der Waals surface area contributed by atoms with Gasteiger partial charge in [-0.2, -0.15) is 0 Å².